The lowest BCUT2D eigenvalue weighted by Gasteiger charge is -2.25. The van der Waals surface area contributed by atoms with E-state index in [9.17, 15) is 22.0 Å². The molecule has 4 rings (SSSR count). The first-order valence-electron chi connectivity index (χ1n) is 8.19. The van der Waals surface area contributed by atoms with Crippen molar-refractivity contribution in [1.82, 2.24) is 0 Å². The summed E-state index contributed by atoms with van der Waals surface area (Å²) in [7, 11) is -3.26. The number of rotatable bonds is 2. The molecule has 3 aliphatic heterocycles. The van der Waals surface area contributed by atoms with Crippen LogP contribution in [0, 0.1) is 11.6 Å². The number of benzene rings is 1. The Morgan fingerprint density at radius 1 is 1.31 bits per heavy atom. The van der Waals surface area contributed by atoms with Gasteiger partial charge in [-0.25, -0.2) is 17.2 Å². The molecule has 0 bridgehead atoms. The monoisotopic (exact) mass is 402 g/mol. The molecule has 0 aromatic heterocycles. The third-order valence-corrected chi connectivity index (χ3v) is 7.86. The van der Waals surface area contributed by atoms with Gasteiger partial charge in [-0.2, -0.15) is 4.99 Å². The van der Waals surface area contributed by atoms with E-state index in [0.717, 1.165) is 30.3 Å². The lowest BCUT2D eigenvalue weighted by Crippen LogP contribution is -2.38. The Hall–Kier alpha value is -1.52. The van der Waals surface area contributed by atoms with Gasteiger partial charge in [-0.15, -0.1) is 0 Å². The number of thioether (sulfide) groups is 1. The molecule has 0 spiro atoms. The fourth-order valence-corrected chi connectivity index (χ4v) is 7.37. The topological polar surface area (TPSA) is 76.0 Å². The number of anilines is 1. The van der Waals surface area contributed by atoms with Crippen LogP contribution in [0.25, 0.3) is 0 Å². The lowest BCUT2D eigenvalue weighted by molar-refractivity contribution is -0.126. The Bertz CT molecular complexity index is 884. The Kier molecular flexibility index (Phi) is 4.52. The molecular formula is C16H16F2N2O4S2. The maximum absolute atomic E-state index is 14.4. The van der Waals surface area contributed by atoms with Crippen LogP contribution in [0.4, 0.5) is 14.5 Å². The van der Waals surface area contributed by atoms with Gasteiger partial charge in [0.05, 0.1) is 23.2 Å². The molecule has 26 heavy (non-hydrogen) atoms. The molecule has 3 aliphatic rings. The van der Waals surface area contributed by atoms with Crippen LogP contribution in [0.5, 0.6) is 0 Å². The van der Waals surface area contributed by atoms with Crippen molar-refractivity contribution in [3.63, 3.8) is 0 Å². The standard InChI is InChI=1S/C16H16F2N2O4S2/c17-9-3-4-11(10(18)6-9)20-12-7-26(22,23)8-14(12)25-16(20)19-15(21)13-2-1-5-24-13/h3-4,6,12-14H,1-2,5,7-8H2/t12-,13+,14-/m0/s1. The average molecular weight is 402 g/mol. The van der Waals surface area contributed by atoms with Crippen LogP contribution in [0.3, 0.4) is 0 Å². The van der Waals surface area contributed by atoms with Crippen molar-refractivity contribution in [3.05, 3.63) is 29.8 Å². The highest BCUT2D eigenvalue weighted by atomic mass is 32.2. The zero-order valence-electron chi connectivity index (χ0n) is 13.6. The van der Waals surface area contributed by atoms with E-state index < -0.39 is 39.5 Å². The molecule has 3 heterocycles. The first-order chi connectivity index (χ1) is 12.3. The van der Waals surface area contributed by atoms with E-state index in [0.29, 0.717) is 13.0 Å². The summed E-state index contributed by atoms with van der Waals surface area (Å²) >= 11 is 1.15. The second-order valence-corrected chi connectivity index (χ2v) is 9.86. The number of carbonyl (C=O) groups is 1. The predicted molar refractivity (Wildman–Crippen MR) is 94.1 cm³/mol. The Labute approximate surface area is 153 Å². The van der Waals surface area contributed by atoms with Crippen molar-refractivity contribution in [3.8, 4) is 0 Å². The van der Waals surface area contributed by atoms with Crippen LogP contribution in [-0.4, -0.2) is 55.0 Å². The van der Waals surface area contributed by atoms with E-state index in [2.05, 4.69) is 4.99 Å². The summed E-state index contributed by atoms with van der Waals surface area (Å²) in [6.07, 6.45) is 0.729. The molecule has 0 N–H and O–H groups in total. The minimum Gasteiger partial charge on any atom is -0.368 e. The summed E-state index contributed by atoms with van der Waals surface area (Å²) in [5.41, 5.74) is 0.0161. The minimum atomic E-state index is -3.26. The van der Waals surface area contributed by atoms with Gasteiger partial charge in [0.25, 0.3) is 5.91 Å². The van der Waals surface area contributed by atoms with Gasteiger partial charge in [0.1, 0.15) is 17.7 Å². The highest BCUT2D eigenvalue weighted by Crippen LogP contribution is 2.42. The summed E-state index contributed by atoms with van der Waals surface area (Å²) in [6.45, 7) is 0.494. The number of hydrogen-bond acceptors (Lipinski definition) is 5. The number of fused-ring (bicyclic) bond motifs is 1. The molecule has 1 aromatic carbocycles. The Morgan fingerprint density at radius 3 is 2.81 bits per heavy atom. The number of hydrogen-bond donors (Lipinski definition) is 0. The molecule has 0 saturated carbocycles. The summed E-state index contributed by atoms with van der Waals surface area (Å²) in [6, 6.07) is 2.53. The normalized spacial score (nSPS) is 31.5. The summed E-state index contributed by atoms with van der Waals surface area (Å²) in [4.78, 5) is 17.9. The van der Waals surface area contributed by atoms with E-state index in [1.165, 1.54) is 11.0 Å². The third kappa shape index (κ3) is 3.25. The molecule has 1 amide bonds. The number of ether oxygens (including phenoxy) is 1. The molecular weight excluding hydrogens is 386 g/mol. The highest BCUT2D eigenvalue weighted by Gasteiger charge is 2.50. The van der Waals surface area contributed by atoms with Gasteiger partial charge in [0.15, 0.2) is 15.0 Å². The van der Waals surface area contributed by atoms with Crippen LogP contribution in [0.1, 0.15) is 12.8 Å². The van der Waals surface area contributed by atoms with Crippen LogP contribution in [0.15, 0.2) is 23.2 Å². The van der Waals surface area contributed by atoms with Crippen molar-refractivity contribution in [2.24, 2.45) is 4.99 Å². The number of amidine groups is 1. The summed E-state index contributed by atoms with van der Waals surface area (Å²) in [5, 5.41) is -0.110. The largest absolute Gasteiger partial charge is 0.368 e. The number of halogens is 2. The number of aliphatic imine (C=N–C) groups is 1. The molecule has 6 nitrogen and oxygen atoms in total. The zero-order valence-corrected chi connectivity index (χ0v) is 15.2. The number of nitrogens with zero attached hydrogens (tertiary/aromatic N) is 2. The van der Waals surface area contributed by atoms with E-state index in [-0.39, 0.29) is 27.6 Å². The van der Waals surface area contributed by atoms with Crippen LogP contribution < -0.4 is 4.90 Å². The van der Waals surface area contributed by atoms with Crippen LogP contribution in [0.2, 0.25) is 0 Å². The van der Waals surface area contributed by atoms with Gasteiger partial charge in [-0.05, 0) is 25.0 Å². The molecule has 140 valence electrons. The van der Waals surface area contributed by atoms with Gasteiger partial charge in [-0.3, -0.25) is 4.79 Å². The van der Waals surface area contributed by atoms with Gasteiger partial charge >= 0.3 is 0 Å². The minimum absolute atomic E-state index is 0.0161. The summed E-state index contributed by atoms with van der Waals surface area (Å²) in [5.74, 6) is -2.24. The number of amides is 1. The zero-order chi connectivity index (χ0) is 18.5. The predicted octanol–water partition coefficient (Wildman–Crippen LogP) is 1.75. The van der Waals surface area contributed by atoms with Crippen molar-refractivity contribution < 1.29 is 26.7 Å². The quantitative estimate of drug-likeness (QED) is 0.750. The second kappa shape index (κ2) is 6.58. The molecule has 0 unspecified atom stereocenters. The van der Waals surface area contributed by atoms with Crippen LogP contribution >= 0.6 is 11.8 Å². The first-order valence-corrected chi connectivity index (χ1v) is 10.9. The highest BCUT2D eigenvalue weighted by molar-refractivity contribution is 8.16. The molecule has 0 aliphatic carbocycles. The van der Waals surface area contributed by atoms with Gasteiger partial charge in [0, 0.05) is 17.9 Å². The van der Waals surface area contributed by atoms with Crippen molar-refractivity contribution >= 4 is 38.4 Å². The number of carbonyl (C=O) groups excluding carboxylic acids is 1. The summed E-state index contributed by atoms with van der Waals surface area (Å²) < 4.78 is 56.9. The molecule has 1 aromatic rings. The lowest BCUT2D eigenvalue weighted by atomic mass is 10.2. The maximum atomic E-state index is 14.4. The Morgan fingerprint density at radius 2 is 2.12 bits per heavy atom. The van der Waals surface area contributed by atoms with E-state index >= 15 is 0 Å². The molecule has 3 fully saturated rings. The molecule has 3 saturated heterocycles. The van der Waals surface area contributed by atoms with Crippen molar-refractivity contribution in [2.45, 2.75) is 30.2 Å². The first kappa shape index (κ1) is 17.9. The van der Waals surface area contributed by atoms with Crippen molar-refractivity contribution in [1.29, 1.82) is 0 Å². The third-order valence-electron chi connectivity index (χ3n) is 4.65. The Balaban J connectivity index is 1.72. The van der Waals surface area contributed by atoms with Gasteiger partial charge < -0.3 is 9.64 Å². The van der Waals surface area contributed by atoms with E-state index in [1.54, 1.807) is 0 Å². The second-order valence-electron chi connectivity index (χ2n) is 6.50. The smallest absolute Gasteiger partial charge is 0.277 e. The van der Waals surface area contributed by atoms with E-state index in [4.69, 9.17) is 4.74 Å². The SMILES string of the molecule is O=C(N=C1S[C@H]2CS(=O)(=O)C[C@@H]2N1c1ccc(F)cc1F)[C@H]1CCCO1. The van der Waals surface area contributed by atoms with Gasteiger partial charge in [0.2, 0.25) is 0 Å². The average Bonchev–Trinajstić information content (AvgIpc) is 3.23. The van der Waals surface area contributed by atoms with Crippen LogP contribution in [-0.2, 0) is 19.4 Å². The van der Waals surface area contributed by atoms with Gasteiger partial charge in [-0.1, -0.05) is 11.8 Å². The molecule has 0 radical (unpaired) electrons. The fourth-order valence-electron chi connectivity index (χ4n) is 3.46. The maximum Gasteiger partial charge on any atom is 0.277 e. The van der Waals surface area contributed by atoms with Crippen molar-refractivity contribution in [2.75, 3.05) is 23.0 Å². The fraction of sp³-hybridized carbons (Fsp3) is 0.500. The number of sulfone groups is 1. The van der Waals surface area contributed by atoms with E-state index in [1.807, 2.05) is 0 Å². The molecule has 10 heteroatoms. The molecule has 3 atom stereocenters.